The van der Waals surface area contributed by atoms with Crippen molar-refractivity contribution in [2.45, 2.75) is 6.54 Å². The van der Waals surface area contributed by atoms with Crippen LogP contribution in [0.5, 0.6) is 0 Å². The van der Waals surface area contributed by atoms with Crippen LogP contribution in [-0.2, 0) is 6.54 Å². The number of hydrogen-bond acceptors (Lipinski definition) is 2. The second-order valence-electron chi connectivity index (χ2n) is 2.19. The van der Waals surface area contributed by atoms with Crippen LogP contribution in [0.4, 0.5) is 0 Å². The Balaban J connectivity index is 2.92. The van der Waals surface area contributed by atoms with Gasteiger partial charge in [-0.05, 0) is 36.0 Å². The van der Waals surface area contributed by atoms with Gasteiger partial charge in [-0.1, -0.05) is 27.5 Å². The average Bonchev–Trinajstić information content (AvgIpc) is 1.99. The first kappa shape index (κ1) is 9.87. The molecule has 0 saturated heterocycles. The third kappa shape index (κ3) is 3.03. The third-order valence-corrected chi connectivity index (χ3v) is 2.05. The third-order valence-electron chi connectivity index (χ3n) is 1.25. The fourth-order valence-corrected chi connectivity index (χ4v) is 1.82. The second kappa shape index (κ2) is 4.73. The molecule has 62 valence electrons. The number of rotatable bonds is 2. The fourth-order valence-electron chi connectivity index (χ4n) is 0.826. The van der Waals surface area contributed by atoms with E-state index in [1.165, 1.54) is 0 Å². The van der Waals surface area contributed by atoms with E-state index in [4.69, 9.17) is 11.6 Å². The summed E-state index contributed by atoms with van der Waals surface area (Å²) in [6.45, 7) is 0.530. The van der Waals surface area contributed by atoms with Gasteiger partial charge in [0.1, 0.15) is 0 Å². The molecule has 1 aromatic carbocycles. The Bertz CT molecular complexity index is 314. The van der Waals surface area contributed by atoms with Crippen molar-refractivity contribution < 1.29 is 0 Å². The van der Waals surface area contributed by atoms with Crippen LogP contribution in [0.3, 0.4) is 0 Å². The molecule has 0 fully saturated rings. The predicted molar refractivity (Wildman–Crippen MR) is 57.9 cm³/mol. The molecular formula is C8H5BrClNS. The lowest BCUT2D eigenvalue weighted by molar-refractivity contribution is 1.08. The van der Waals surface area contributed by atoms with Crippen LogP contribution in [0.1, 0.15) is 5.56 Å². The molecule has 1 rings (SSSR count). The summed E-state index contributed by atoms with van der Waals surface area (Å²) < 4.78 is 0.949. The zero-order valence-corrected chi connectivity index (χ0v) is 9.21. The summed E-state index contributed by atoms with van der Waals surface area (Å²) in [7, 11) is 0. The monoisotopic (exact) mass is 261 g/mol. The van der Waals surface area contributed by atoms with Crippen LogP contribution in [-0.4, -0.2) is 5.16 Å². The molecule has 0 aromatic heterocycles. The maximum Gasteiger partial charge on any atom is 0.0744 e. The van der Waals surface area contributed by atoms with E-state index < -0.39 is 0 Å². The minimum absolute atomic E-state index is 0.530. The number of hydrogen-bond donors (Lipinski definition) is 0. The van der Waals surface area contributed by atoms with E-state index >= 15 is 0 Å². The maximum absolute atomic E-state index is 5.81. The first-order valence-electron chi connectivity index (χ1n) is 3.21. The first-order valence-corrected chi connectivity index (χ1v) is 4.79. The van der Waals surface area contributed by atoms with Crippen LogP contribution in [0, 0.1) is 0 Å². The maximum atomic E-state index is 5.81. The molecule has 4 heteroatoms. The van der Waals surface area contributed by atoms with Gasteiger partial charge in [0, 0.05) is 9.50 Å². The highest BCUT2D eigenvalue weighted by molar-refractivity contribution is 9.10. The first-order chi connectivity index (χ1) is 5.72. The van der Waals surface area contributed by atoms with Gasteiger partial charge in [-0.25, -0.2) is 4.99 Å². The summed E-state index contributed by atoms with van der Waals surface area (Å²) in [4.78, 5) is 3.81. The molecule has 1 aromatic rings. The van der Waals surface area contributed by atoms with E-state index in [0.29, 0.717) is 11.6 Å². The topological polar surface area (TPSA) is 12.4 Å². The van der Waals surface area contributed by atoms with E-state index in [1.807, 2.05) is 18.2 Å². The van der Waals surface area contributed by atoms with Crippen molar-refractivity contribution in [3.63, 3.8) is 0 Å². The summed E-state index contributed by atoms with van der Waals surface area (Å²) in [5, 5.41) is 3.00. The Morgan fingerprint density at radius 3 is 2.83 bits per heavy atom. The SMILES string of the molecule is S=C=NCc1cc(Cl)cc(Br)c1. The molecule has 0 atom stereocenters. The van der Waals surface area contributed by atoms with Crippen molar-refractivity contribution in [1.82, 2.24) is 0 Å². The molecule has 0 radical (unpaired) electrons. The van der Waals surface area contributed by atoms with E-state index in [1.54, 1.807) is 0 Å². The van der Waals surface area contributed by atoms with E-state index in [9.17, 15) is 0 Å². The smallest absolute Gasteiger partial charge is 0.0744 e. The quantitative estimate of drug-likeness (QED) is 0.585. The molecule has 0 heterocycles. The number of aliphatic imine (C=N–C) groups is 1. The summed E-state index contributed by atoms with van der Waals surface area (Å²) in [6, 6.07) is 5.62. The van der Waals surface area contributed by atoms with Gasteiger partial charge in [0.15, 0.2) is 0 Å². The zero-order valence-electron chi connectivity index (χ0n) is 6.05. The standard InChI is InChI=1S/C8H5BrClNS/c9-7-1-6(4-11-5-12)2-8(10)3-7/h1-3H,4H2. The van der Waals surface area contributed by atoms with E-state index in [-0.39, 0.29) is 0 Å². The highest BCUT2D eigenvalue weighted by Gasteiger charge is 1.95. The number of halogens is 2. The molecule has 0 amide bonds. The highest BCUT2D eigenvalue weighted by Crippen LogP contribution is 2.19. The molecule has 1 nitrogen and oxygen atoms in total. The van der Waals surface area contributed by atoms with Gasteiger partial charge in [-0.3, -0.25) is 0 Å². The van der Waals surface area contributed by atoms with Gasteiger partial charge in [-0.15, -0.1) is 0 Å². The van der Waals surface area contributed by atoms with Crippen molar-refractivity contribution in [3.05, 3.63) is 33.3 Å². The Morgan fingerprint density at radius 1 is 1.50 bits per heavy atom. The second-order valence-corrected chi connectivity index (χ2v) is 3.72. The normalized spacial score (nSPS) is 9.17. The fraction of sp³-hybridized carbons (Fsp3) is 0.125. The molecule has 0 spiro atoms. The van der Waals surface area contributed by atoms with Crippen molar-refractivity contribution in [3.8, 4) is 0 Å². The summed E-state index contributed by atoms with van der Waals surface area (Å²) in [5.41, 5.74) is 1.02. The summed E-state index contributed by atoms with van der Waals surface area (Å²) in [5.74, 6) is 0. The molecule has 0 N–H and O–H groups in total. The highest BCUT2D eigenvalue weighted by atomic mass is 79.9. The number of thiocarbonyl (C=S) groups is 1. The lowest BCUT2D eigenvalue weighted by atomic mass is 10.2. The average molecular weight is 263 g/mol. The van der Waals surface area contributed by atoms with Gasteiger partial charge in [0.25, 0.3) is 0 Å². The van der Waals surface area contributed by atoms with Gasteiger partial charge in [0.05, 0.1) is 11.7 Å². The molecule has 12 heavy (non-hydrogen) atoms. The Morgan fingerprint density at radius 2 is 2.25 bits per heavy atom. The summed E-state index contributed by atoms with van der Waals surface area (Å²) in [6.07, 6.45) is 0. The van der Waals surface area contributed by atoms with Crippen molar-refractivity contribution >= 4 is 44.9 Å². The van der Waals surface area contributed by atoms with Gasteiger partial charge < -0.3 is 0 Å². The van der Waals surface area contributed by atoms with Crippen LogP contribution < -0.4 is 0 Å². The lowest BCUT2D eigenvalue weighted by Gasteiger charge is -1.97. The van der Waals surface area contributed by atoms with Crippen LogP contribution in [0.2, 0.25) is 5.02 Å². The van der Waals surface area contributed by atoms with Crippen LogP contribution in [0.25, 0.3) is 0 Å². The van der Waals surface area contributed by atoms with Crippen LogP contribution >= 0.6 is 39.7 Å². The number of isothiocyanates is 1. The van der Waals surface area contributed by atoms with E-state index in [2.05, 4.69) is 38.3 Å². The number of benzene rings is 1. The molecule has 0 aliphatic carbocycles. The molecule has 0 aliphatic rings. The molecule has 0 unspecified atom stereocenters. The minimum atomic E-state index is 0.530. The summed E-state index contributed by atoms with van der Waals surface area (Å²) >= 11 is 13.6. The largest absolute Gasteiger partial charge is 0.228 e. The molecular weight excluding hydrogens is 258 g/mol. The van der Waals surface area contributed by atoms with Gasteiger partial charge >= 0.3 is 0 Å². The molecule has 0 bridgehead atoms. The number of nitrogens with zero attached hydrogens (tertiary/aromatic N) is 1. The van der Waals surface area contributed by atoms with Gasteiger partial charge in [-0.2, -0.15) is 0 Å². The molecule has 0 aliphatic heterocycles. The van der Waals surface area contributed by atoms with Crippen molar-refractivity contribution in [2.24, 2.45) is 4.99 Å². The minimum Gasteiger partial charge on any atom is -0.228 e. The Hall–Kier alpha value is -0.210. The predicted octanol–water partition coefficient (Wildman–Crippen LogP) is 3.71. The molecule has 0 saturated carbocycles. The zero-order chi connectivity index (χ0) is 8.97. The van der Waals surface area contributed by atoms with Crippen LogP contribution in [0.15, 0.2) is 27.7 Å². The Kier molecular flexibility index (Phi) is 3.89. The van der Waals surface area contributed by atoms with Crippen molar-refractivity contribution in [1.29, 1.82) is 0 Å². The Labute approximate surface area is 89.6 Å². The van der Waals surface area contributed by atoms with Gasteiger partial charge in [0.2, 0.25) is 0 Å². The van der Waals surface area contributed by atoms with E-state index in [0.717, 1.165) is 10.0 Å². The lowest BCUT2D eigenvalue weighted by Crippen LogP contribution is -1.80. The van der Waals surface area contributed by atoms with Crippen molar-refractivity contribution in [2.75, 3.05) is 0 Å².